The smallest absolute Gasteiger partial charge is 0.247 e. The zero-order valence-electron chi connectivity index (χ0n) is 14.5. The number of aromatic nitrogens is 4. The Bertz CT molecular complexity index is 831. The minimum atomic E-state index is -2.16. The number of alkyl halides is 1. The summed E-state index contributed by atoms with van der Waals surface area (Å²) < 4.78 is 29.3. The van der Waals surface area contributed by atoms with Crippen LogP contribution in [0, 0.1) is 0 Å². The van der Waals surface area contributed by atoms with E-state index in [2.05, 4.69) is 15.0 Å². The number of fused-ring (bicyclic) bond motifs is 1. The molecular weight excluding hydrogens is 385 g/mol. The molecule has 1 saturated heterocycles. The van der Waals surface area contributed by atoms with Crippen LogP contribution in [-0.4, -0.2) is 61.6 Å². The molecule has 1 unspecified atom stereocenters. The molecular formula is C14H21ClN5O5P. The summed E-state index contributed by atoms with van der Waals surface area (Å²) in [5.41, 5.74) is 6.55. The first-order chi connectivity index (χ1) is 12.3. The van der Waals surface area contributed by atoms with Crippen LogP contribution in [0.5, 0.6) is 5.88 Å². The number of hydrogen-bond donors (Lipinski definition) is 2. The summed E-state index contributed by atoms with van der Waals surface area (Å²) in [6.07, 6.45) is -1.13. The van der Waals surface area contributed by atoms with E-state index in [9.17, 15) is 9.67 Å². The minimum absolute atomic E-state index is 0.0157. The largest absolute Gasteiger partial charge is 0.476 e. The van der Waals surface area contributed by atoms with Crippen LogP contribution in [0.15, 0.2) is 6.33 Å². The lowest BCUT2D eigenvalue weighted by atomic mass is 10.0. The zero-order valence-corrected chi connectivity index (χ0v) is 16.3. The van der Waals surface area contributed by atoms with E-state index < -0.39 is 31.3 Å². The number of aliphatic hydroxyl groups is 1. The van der Waals surface area contributed by atoms with Gasteiger partial charge in [-0.25, -0.2) is 4.98 Å². The van der Waals surface area contributed by atoms with Crippen LogP contribution in [0.2, 0.25) is 0 Å². The number of nitrogens with two attached hydrogens (primary N) is 1. The maximum absolute atomic E-state index is 11.2. The Balaban J connectivity index is 1.99. The van der Waals surface area contributed by atoms with Crippen molar-refractivity contribution in [2.45, 2.75) is 37.2 Å². The van der Waals surface area contributed by atoms with Crippen molar-refractivity contribution in [3.8, 4) is 5.88 Å². The van der Waals surface area contributed by atoms with Crippen molar-refractivity contribution in [3.05, 3.63) is 6.33 Å². The average molecular weight is 406 g/mol. The van der Waals surface area contributed by atoms with Gasteiger partial charge in [-0.3, -0.25) is 9.13 Å². The third-order valence-corrected chi connectivity index (χ3v) is 5.09. The average Bonchev–Trinajstić information content (AvgIpc) is 3.06. The van der Waals surface area contributed by atoms with Crippen LogP contribution < -0.4 is 10.5 Å². The second kappa shape index (κ2) is 7.28. The first-order valence-corrected chi connectivity index (χ1v) is 10.2. The minimum Gasteiger partial charge on any atom is -0.476 e. The Morgan fingerprint density at radius 3 is 2.92 bits per heavy atom. The quantitative estimate of drug-likeness (QED) is 0.536. The summed E-state index contributed by atoms with van der Waals surface area (Å²) in [4.78, 5) is 11.3. The molecule has 2 aromatic heterocycles. The maximum Gasteiger partial charge on any atom is 0.247 e. The molecule has 3 rings (SSSR count). The van der Waals surface area contributed by atoms with E-state index >= 15 is 0 Å². The van der Waals surface area contributed by atoms with Gasteiger partial charge in [0.1, 0.15) is 17.1 Å². The van der Waals surface area contributed by atoms with Gasteiger partial charge in [-0.15, -0.1) is 11.6 Å². The Morgan fingerprint density at radius 1 is 1.54 bits per heavy atom. The lowest BCUT2D eigenvalue weighted by Crippen LogP contribution is -2.39. The van der Waals surface area contributed by atoms with Gasteiger partial charge >= 0.3 is 0 Å². The van der Waals surface area contributed by atoms with Gasteiger partial charge < -0.3 is 24.8 Å². The zero-order chi connectivity index (χ0) is 19.1. The molecule has 1 aliphatic rings. The second-order valence-corrected chi connectivity index (χ2v) is 8.16. The molecule has 0 bridgehead atoms. The Kier molecular flexibility index (Phi) is 5.41. The Morgan fingerprint density at radius 2 is 2.27 bits per heavy atom. The third-order valence-electron chi connectivity index (χ3n) is 4.11. The summed E-state index contributed by atoms with van der Waals surface area (Å²) in [5, 5.41) is 10.5. The molecule has 1 aliphatic heterocycles. The van der Waals surface area contributed by atoms with Gasteiger partial charge in [0, 0.05) is 6.66 Å². The van der Waals surface area contributed by atoms with Crippen molar-refractivity contribution >= 4 is 36.7 Å². The summed E-state index contributed by atoms with van der Waals surface area (Å²) in [6.45, 7) is 5.26. The fraction of sp³-hybridized carbons (Fsp3) is 0.643. The van der Waals surface area contributed by atoms with Gasteiger partial charge in [-0.2, -0.15) is 9.97 Å². The Labute approximate surface area is 155 Å². The van der Waals surface area contributed by atoms with Crippen LogP contribution in [0.1, 0.15) is 20.1 Å². The predicted molar refractivity (Wildman–Crippen MR) is 96.0 cm³/mol. The van der Waals surface area contributed by atoms with Crippen molar-refractivity contribution in [2.24, 2.45) is 0 Å². The van der Waals surface area contributed by atoms with Crippen LogP contribution in [-0.2, 0) is 13.8 Å². The normalized spacial score (nSPS) is 30.0. The highest BCUT2D eigenvalue weighted by molar-refractivity contribution is 7.38. The summed E-state index contributed by atoms with van der Waals surface area (Å²) in [6, 6.07) is 0. The van der Waals surface area contributed by atoms with E-state index in [1.807, 2.05) is 6.92 Å². The summed E-state index contributed by atoms with van der Waals surface area (Å²) in [5.74, 6) is 0.273. The van der Waals surface area contributed by atoms with Crippen LogP contribution in [0.4, 0.5) is 5.95 Å². The Hall–Kier alpha value is -1.45. The molecule has 2 aromatic rings. The molecule has 3 heterocycles. The summed E-state index contributed by atoms with van der Waals surface area (Å²) >= 11 is 6.57. The van der Waals surface area contributed by atoms with Gasteiger partial charge in [0.25, 0.3) is 0 Å². The first-order valence-electron chi connectivity index (χ1n) is 8.04. The summed E-state index contributed by atoms with van der Waals surface area (Å²) in [7, 11) is -2.16. The van der Waals surface area contributed by atoms with Crippen LogP contribution >= 0.6 is 19.6 Å². The van der Waals surface area contributed by atoms with Gasteiger partial charge in [-0.05, 0) is 13.8 Å². The first kappa shape index (κ1) is 19.3. The topological polar surface area (TPSA) is 135 Å². The lowest BCUT2D eigenvalue weighted by molar-refractivity contribution is -0.0378. The standard InChI is InChI=1S/C14H21ClN5O5P/c1-4-23-11-8-10(18-13(16)19-11)20(6-17-8)12-14(2,15)9(21)7(25-12)5-24-26(3)22/h6-7,9,12,21,26H,4-5H2,1-3H3,(H2,16,18,19)/t7-,9-,12-,14-/m1/s1. The molecule has 0 aliphatic carbocycles. The molecule has 3 N–H and O–H groups in total. The van der Waals surface area contributed by atoms with Crippen molar-refractivity contribution in [3.63, 3.8) is 0 Å². The number of ether oxygens (including phenoxy) is 2. The molecule has 10 nitrogen and oxygen atoms in total. The molecule has 0 spiro atoms. The van der Waals surface area contributed by atoms with Crippen molar-refractivity contribution in [1.29, 1.82) is 0 Å². The van der Waals surface area contributed by atoms with Crippen molar-refractivity contribution in [2.75, 3.05) is 25.6 Å². The molecule has 5 atom stereocenters. The lowest BCUT2D eigenvalue weighted by Gasteiger charge is -2.26. The number of anilines is 1. The highest BCUT2D eigenvalue weighted by Crippen LogP contribution is 2.45. The SMILES string of the molecule is CCOc1nc(N)nc2c1ncn2[C@@H]1O[C@H](CO[PH](C)=O)[C@@H](O)[C@@]1(C)Cl. The number of aliphatic hydroxyl groups excluding tert-OH is 1. The molecule has 144 valence electrons. The van der Waals surface area contributed by atoms with Crippen LogP contribution in [0.25, 0.3) is 11.2 Å². The molecule has 26 heavy (non-hydrogen) atoms. The van der Waals surface area contributed by atoms with Gasteiger partial charge in [-0.1, -0.05) is 0 Å². The van der Waals surface area contributed by atoms with Gasteiger partial charge in [0.05, 0.1) is 19.5 Å². The van der Waals surface area contributed by atoms with E-state index in [1.165, 1.54) is 13.0 Å². The predicted octanol–water partition coefficient (Wildman–Crippen LogP) is 1.18. The molecule has 1 fully saturated rings. The van der Waals surface area contributed by atoms with Gasteiger partial charge in [0.15, 0.2) is 25.4 Å². The monoisotopic (exact) mass is 405 g/mol. The van der Waals surface area contributed by atoms with Gasteiger partial charge in [0.2, 0.25) is 11.8 Å². The van der Waals surface area contributed by atoms with E-state index in [-0.39, 0.29) is 18.4 Å². The molecule has 0 aromatic carbocycles. The number of halogens is 1. The highest BCUT2D eigenvalue weighted by Gasteiger charge is 2.53. The fourth-order valence-corrected chi connectivity index (χ4v) is 3.56. The third kappa shape index (κ3) is 3.39. The van der Waals surface area contributed by atoms with E-state index in [1.54, 1.807) is 11.5 Å². The number of nitrogens with zero attached hydrogens (tertiary/aromatic N) is 4. The molecule has 0 saturated carbocycles. The van der Waals surface area contributed by atoms with E-state index in [0.29, 0.717) is 17.8 Å². The number of rotatable bonds is 6. The van der Waals surface area contributed by atoms with E-state index in [0.717, 1.165) is 0 Å². The molecule has 0 amide bonds. The molecule has 0 radical (unpaired) electrons. The van der Waals surface area contributed by atoms with E-state index in [4.69, 9.17) is 31.3 Å². The number of nitrogen functional groups attached to an aromatic ring is 1. The second-order valence-electron chi connectivity index (χ2n) is 6.07. The number of imidazole rings is 1. The number of hydrogen-bond acceptors (Lipinski definition) is 9. The van der Waals surface area contributed by atoms with Crippen LogP contribution in [0.3, 0.4) is 0 Å². The molecule has 12 heteroatoms. The van der Waals surface area contributed by atoms with Crippen molar-refractivity contribution in [1.82, 2.24) is 19.5 Å². The fourth-order valence-electron chi connectivity index (χ4n) is 2.87. The van der Waals surface area contributed by atoms with Crippen molar-refractivity contribution < 1.29 is 23.7 Å². The maximum atomic E-state index is 11.2. The highest BCUT2D eigenvalue weighted by atomic mass is 35.5.